The van der Waals surface area contributed by atoms with E-state index in [4.69, 9.17) is 9.47 Å². The lowest BCUT2D eigenvalue weighted by molar-refractivity contribution is 0.421. The van der Waals surface area contributed by atoms with Crippen LogP contribution in [0, 0.1) is 0 Å². The van der Waals surface area contributed by atoms with Gasteiger partial charge in [-0.25, -0.2) is 16.8 Å². The van der Waals surface area contributed by atoms with Crippen LogP contribution in [0.4, 0.5) is 11.4 Å². The molecule has 0 amide bonds. The third-order valence-corrected chi connectivity index (χ3v) is 11.9. The number of hydrogen-bond acceptors (Lipinski definition) is 6. The Hall–Kier alpha value is -5.32. The molecule has 2 N–H and O–H groups in total. The summed E-state index contributed by atoms with van der Waals surface area (Å²) in [7, 11) is -4.68. The van der Waals surface area contributed by atoms with Crippen molar-refractivity contribution in [3.8, 4) is 11.5 Å². The largest absolute Gasteiger partial charge is 0.494 e. The van der Waals surface area contributed by atoms with Crippen LogP contribution >= 0.6 is 0 Å². The molecule has 10 heteroatoms. The van der Waals surface area contributed by atoms with Crippen molar-refractivity contribution >= 4 is 64.1 Å². The molecule has 0 aromatic heterocycles. The first-order valence-electron chi connectivity index (χ1n) is 15.3. The molecule has 6 aromatic rings. The maximum Gasteiger partial charge on any atom is 0.262 e. The number of sulfonamides is 2. The summed E-state index contributed by atoms with van der Waals surface area (Å²) in [6, 6.07) is 32.2. The molecule has 0 fully saturated rings. The molecule has 240 valence electrons. The summed E-state index contributed by atoms with van der Waals surface area (Å²) >= 11 is 0. The Kier molecular flexibility index (Phi) is 6.97. The van der Waals surface area contributed by atoms with E-state index in [1.54, 1.807) is 74.9 Å². The number of anilines is 2. The van der Waals surface area contributed by atoms with Gasteiger partial charge in [0.25, 0.3) is 20.0 Å². The number of ether oxygens (including phenoxy) is 2. The molecule has 0 radical (unpaired) electrons. The van der Waals surface area contributed by atoms with Gasteiger partial charge in [0.1, 0.15) is 0 Å². The second-order valence-electron chi connectivity index (χ2n) is 11.8. The highest BCUT2D eigenvalue weighted by Crippen LogP contribution is 2.52. The second kappa shape index (κ2) is 11.1. The maximum absolute atomic E-state index is 13.5. The summed E-state index contributed by atoms with van der Waals surface area (Å²) in [5, 5.41) is 3.66. The van der Waals surface area contributed by atoms with Crippen molar-refractivity contribution in [2.45, 2.75) is 22.6 Å². The van der Waals surface area contributed by atoms with Crippen LogP contribution in [0.3, 0.4) is 0 Å². The Labute approximate surface area is 278 Å². The van der Waals surface area contributed by atoms with Crippen LogP contribution in [0.1, 0.15) is 22.3 Å². The quantitative estimate of drug-likeness (QED) is 0.172. The Balaban J connectivity index is 1.29. The molecule has 0 unspecified atom stereocenters. The van der Waals surface area contributed by atoms with Crippen LogP contribution < -0.4 is 18.9 Å². The molecule has 8 rings (SSSR count). The number of methoxy groups -OCH3 is 2. The van der Waals surface area contributed by atoms with Crippen molar-refractivity contribution in [1.29, 1.82) is 0 Å². The number of hydrogen-bond donors (Lipinski definition) is 2. The van der Waals surface area contributed by atoms with E-state index in [9.17, 15) is 16.8 Å². The average molecular weight is 675 g/mol. The fourth-order valence-corrected chi connectivity index (χ4v) is 9.31. The van der Waals surface area contributed by atoms with Gasteiger partial charge < -0.3 is 9.47 Å². The summed E-state index contributed by atoms with van der Waals surface area (Å²) in [5.41, 5.74) is 6.97. The molecule has 6 aromatic carbocycles. The van der Waals surface area contributed by atoms with E-state index in [2.05, 4.69) is 21.6 Å². The normalized spacial score (nSPS) is 15.2. The molecule has 0 aliphatic heterocycles. The minimum absolute atomic E-state index is 0.154. The summed E-state index contributed by atoms with van der Waals surface area (Å²) in [4.78, 5) is 0.313. The zero-order valence-corrected chi connectivity index (χ0v) is 27.7. The summed E-state index contributed by atoms with van der Waals surface area (Å²) in [6.45, 7) is 0. The fraction of sp³-hybridized carbons (Fsp3) is 0.105. The molecule has 0 bridgehead atoms. The van der Waals surface area contributed by atoms with Crippen molar-refractivity contribution in [2.75, 3.05) is 23.7 Å². The zero-order chi connectivity index (χ0) is 33.2. The van der Waals surface area contributed by atoms with Crippen LogP contribution in [0.25, 0.3) is 32.7 Å². The summed E-state index contributed by atoms with van der Waals surface area (Å²) < 4.78 is 70.9. The third-order valence-electron chi connectivity index (χ3n) is 9.14. The molecule has 2 aliphatic rings. The Morgan fingerprint density at radius 2 is 1.00 bits per heavy atom. The van der Waals surface area contributed by atoms with Crippen molar-refractivity contribution in [2.24, 2.45) is 0 Å². The lowest BCUT2D eigenvalue weighted by Gasteiger charge is -2.17. The van der Waals surface area contributed by atoms with E-state index in [-0.39, 0.29) is 9.79 Å². The highest BCUT2D eigenvalue weighted by molar-refractivity contribution is 7.93. The minimum Gasteiger partial charge on any atom is -0.494 e. The van der Waals surface area contributed by atoms with Gasteiger partial charge in [0.05, 0.1) is 35.4 Å². The Bertz CT molecular complexity index is 2550. The Morgan fingerprint density at radius 1 is 0.521 bits per heavy atom. The SMILES string of the molecule is COc1c(NS(=O)(=O)c2ccccc2)cc2c3c(cccc13)C(=C1Cc3cccc4c(OC)c(NS(=O)(=O)c5ccccc5)cc1c34)C2. The van der Waals surface area contributed by atoms with E-state index in [0.29, 0.717) is 35.7 Å². The first-order chi connectivity index (χ1) is 23.2. The molecular weight excluding hydrogens is 645 g/mol. The molecule has 0 saturated carbocycles. The monoisotopic (exact) mass is 674 g/mol. The highest BCUT2D eigenvalue weighted by Gasteiger charge is 2.32. The lowest BCUT2D eigenvalue weighted by Crippen LogP contribution is -2.14. The smallest absolute Gasteiger partial charge is 0.262 e. The fourth-order valence-electron chi connectivity index (χ4n) is 7.16. The van der Waals surface area contributed by atoms with Gasteiger partial charge in [-0.2, -0.15) is 0 Å². The van der Waals surface area contributed by atoms with Gasteiger partial charge in [-0.1, -0.05) is 72.8 Å². The topological polar surface area (TPSA) is 111 Å². The molecule has 0 heterocycles. The molecule has 8 nitrogen and oxygen atoms in total. The first-order valence-corrected chi connectivity index (χ1v) is 18.3. The third kappa shape index (κ3) is 4.70. The van der Waals surface area contributed by atoms with Crippen LogP contribution in [0.15, 0.2) is 119 Å². The summed E-state index contributed by atoms with van der Waals surface area (Å²) in [5.74, 6) is 0.902. The van der Waals surface area contributed by atoms with E-state index in [1.807, 2.05) is 36.4 Å². The number of benzene rings is 6. The molecule has 2 aliphatic carbocycles. The number of nitrogens with one attached hydrogen (secondary N) is 2. The van der Waals surface area contributed by atoms with Gasteiger partial charge >= 0.3 is 0 Å². The number of allylic oxidation sites excluding steroid dienone is 2. The molecule has 48 heavy (non-hydrogen) atoms. The van der Waals surface area contributed by atoms with Gasteiger partial charge in [0.2, 0.25) is 0 Å². The lowest BCUT2D eigenvalue weighted by atomic mass is 9.95. The second-order valence-corrected chi connectivity index (χ2v) is 15.2. The van der Waals surface area contributed by atoms with Gasteiger partial charge in [-0.15, -0.1) is 0 Å². The standard InChI is InChI=1S/C38H30N2O6S2/c1-45-37-29-18-10-16-27-30(20-24(36(27)29)21-33(37)39-47(41,42)25-12-5-3-6-13-25)31-19-23-11-9-17-28-35(23)32(31)22-34(38(28)46-2)40-48(43,44)26-14-7-4-8-15-26/h3-18,21-22,39-40H,19-20H2,1-2H3. The zero-order valence-electron chi connectivity index (χ0n) is 26.1. The van der Waals surface area contributed by atoms with Crippen LogP contribution in [0.2, 0.25) is 0 Å². The maximum atomic E-state index is 13.5. The van der Waals surface area contributed by atoms with Crippen molar-refractivity contribution < 1.29 is 26.3 Å². The van der Waals surface area contributed by atoms with Crippen LogP contribution in [-0.4, -0.2) is 31.1 Å². The van der Waals surface area contributed by atoms with Gasteiger partial charge in [0.15, 0.2) is 11.5 Å². The van der Waals surface area contributed by atoms with Gasteiger partial charge in [-0.05, 0) is 93.4 Å². The van der Waals surface area contributed by atoms with E-state index >= 15 is 0 Å². The molecule has 0 saturated heterocycles. The minimum atomic E-state index is -3.90. The molecule has 0 atom stereocenters. The number of rotatable bonds is 8. The molecular formula is C38H30N2O6S2. The van der Waals surface area contributed by atoms with Crippen LogP contribution in [0.5, 0.6) is 11.5 Å². The predicted octanol–water partition coefficient (Wildman–Crippen LogP) is 7.63. The average Bonchev–Trinajstić information content (AvgIpc) is 3.65. The summed E-state index contributed by atoms with van der Waals surface area (Å²) in [6.07, 6.45) is 1.21. The molecule has 0 spiro atoms. The van der Waals surface area contributed by atoms with E-state index in [1.165, 1.54) is 0 Å². The first kappa shape index (κ1) is 30.0. The van der Waals surface area contributed by atoms with Crippen molar-refractivity contribution in [1.82, 2.24) is 0 Å². The highest BCUT2D eigenvalue weighted by atomic mass is 32.2. The van der Waals surface area contributed by atoms with E-state index < -0.39 is 20.0 Å². The van der Waals surface area contributed by atoms with Crippen molar-refractivity contribution in [3.05, 3.63) is 131 Å². The van der Waals surface area contributed by atoms with Gasteiger partial charge in [-0.3, -0.25) is 9.44 Å². The van der Waals surface area contributed by atoms with Gasteiger partial charge in [0, 0.05) is 10.8 Å². The predicted molar refractivity (Wildman–Crippen MR) is 190 cm³/mol. The van der Waals surface area contributed by atoms with E-state index in [0.717, 1.165) is 54.9 Å². The van der Waals surface area contributed by atoms with Crippen LogP contribution in [-0.2, 0) is 32.9 Å². The Morgan fingerprint density at radius 3 is 1.56 bits per heavy atom. The van der Waals surface area contributed by atoms with Crippen molar-refractivity contribution in [3.63, 3.8) is 0 Å².